The summed E-state index contributed by atoms with van der Waals surface area (Å²) >= 11 is 1.67. The minimum Gasteiger partial charge on any atom is -0.378 e. The van der Waals surface area contributed by atoms with E-state index in [1.165, 1.54) is 5.69 Å². The number of hydrogen-bond donors (Lipinski definition) is 1. The number of piperidine rings is 1. The van der Waals surface area contributed by atoms with Crippen LogP contribution in [0.4, 0.5) is 0 Å². The van der Waals surface area contributed by atoms with E-state index < -0.39 is 0 Å². The van der Waals surface area contributed by atoms with Crippen LogP contribution in [0, 0.1) is 0 Å². The van der Waals surface area contributed by atoms with Crippen molar-refractivity contribution in [3.63, 3.8) is 0 Å². The Morgan fingerprint density at radius 1 is 1.47 bits per heavy atom. The number of nitrogens with two attached hydrogens (primary N) is 1. The van der Waals surface area contributed by atoms with Gasteiger partial charge in [-0.25, -0.2) is 4.98 Å². The molecule has 2 heterocycles. The summed E-state index contributed by atoms with van der Waals surface area (Å²) in [5, 5.41) is 2.13. The second-order valence-corrected chi connectivity index (χ2v) is 5.19. The Kier molecular flexibility index (Phi) is 5.38. The third-order valence-electron chi connectivity index (χ3n) is 3.11. The van der Waals surface area contributed by atoms with Crippen LogP contribution in [0.15, 0.2) is 10.9 Å². The first-order valence-corrected chi connectivity index (χ1v) is 7.24. The van der Waals surface area contributed by atoms with E-state index in [-0.39, 0.29) is 0 Å². The molecule has 1 fully saturated rings. The van der Waals surface area contributed by atoms with Crippen LogP contribution in [-0.2, 0) is 11.3 Å². The van der Waals surface area contributed by atoms with Crippen molar-refractivity contribution in [1.29, 1.82) is 0 Å². The minimum absolute atomic E-state index is 0.438. The topological polar surface area (TPSA) is 51.4 Å². The smallest absolute Gasteiger partial charge is 0.0795 e. The molecule has 0 unspecified atom stereocenters. The molecule has 0 aliphatic carbocycles. The van der Waals surface area contributed by atoms with Crippen LogP contribution in [0.2, 0.25) is 0 Å². The summed E-state index contributed by atoms with van der Waals surface area (Å²) in [6, 6.07) is 0. The Morgan fingerprint density at radius 2 is 2.29 bits per heavy atom. The maximum atomic E-state index is 5.79. The van der Waals surface area contributed by atoms with Crippen molar-refractivity contribution in [3.05, 3.63) is 16.6 Å². The van der Waals surface area contributed by atoms with E-state index in [4.69, 9.17) is 10.5 Å². The number of likely N-dealkylation sites (tertiary alicyclic amines) is 1. The van der Waals surface area contributed by atoms with E-state index in [0.717, 1.165) is 52.0 Å². The van der Waals surface area contributed by atoms with Crippen LogP contribution in [0.5, 0.6) is 0 Å². The van der Waals surface area contributed by atoms with Crippen molar-refractivity contribution >= 4 is 11.3 Å². The van der Waals surface area contributed by atoms with E-state index in [9.17, 15) is 0 Å². The molecule has 0 aromatic carbocycles. The lowest BCUT2D eigenvalue weighted by atomic mass is 10.1. The molecule has 5 heteroatoms. The quantitative estimate of drug-likeness (QED) is 0.782. The summed E-state index contributed by atoms with van der Waals surface area (Å²) < 4.78 is 5.79. The Bertz CT molecular complexity index is 297. The van der Waals surface area contributed by atoms with Crippen molar-refractivity contribution in [2.45, 2.75) is 31.9 Å². The lowest BCUT2D eigenvalue weighted by molar-refractivity contribution is 0.00544. The summed E-state index contributed by atoms with van der Waals surface area (Å²) in [5.41, 5.74) is 8.54. The molecule has 0 atom stereocenters. The van der Waals surface area contributed by atoms with Crippen molar-refractivity contribution in [1.82, 2.24) is 9.88 Å². The van der Waals surface area contributed by atoms with Gasteiger partial charge < -0.3 is 10.5 Å². The maximum Gasteiger partial charge on any atom is 0.0795 e. The Balaban J connectivity index is 1.64. The first-order chi connectivity index (χ1) is 8.38. The summed E-state index contributed by atoms with van der Waals surface area (Å²) in [6.07, 6.45) is 3.68. The second kappa shape index (κ2) is 7.06. The number of aromatic nitrogens is 1. The van der Waals surface area contributed by atoms with Gasteiger partial charge in [0.05, 0.1) is 17.3 Å². The second-order valence-electron chi connectivity index (χ2n) is 4.47. The first-order valence-electron chi connectivity index (χ1n) is 6.29. The Labute approximate surface area is 107 Å². The highest BCUT2D eigenvalue weighted by Gasteiger charge is 2.19. The molecule has 0 spiro atoms. The highest BCUT2D eigenvalue weighted by molar-refractivity contribution is 7.07. The molecule has 0 saturated carbocycles. The number of nitrogens with zero attached hydrogens (tertiary/aromatic N) is 2. The largest absolute Gasteiger partial charge is 0.378 e. The van der Waals surface area contributed by atoms with Crippen molar-refractivity contribution in [3.8, 4) is 0 Å². The van der Waals surface area contributed by atoms with Crippen LogP contribution >= 0.6 is 11.3 Å². The van der Waals surface area contributed by atoms with Gasteiger partial charge in [0.2, 0.25) is 0 Å². The zero-order valence-corrected chi connectivity index (χ0v) is 11.0. The SMILES string of the molecule is NCCCOC1CCN(Cc2cscn2)CC1. The average Bonchev–Trinajstić information content (AvgIpc) is 2.85. The van der Waals surface area contributed by atoms with Gasteiger partial charge in [0, 0.05) is 31.6 Å². The van der Waals surface area contributed by atoms with Crippen LogP contribution in [0.1, 0.15) is 25.0 Å². The first kappa shape index (κ1) is 13.0. The fourth-order valence-corrected chi connectivity index (χ4v) is 2.66. The van der Waals surface area contributed by atoms with Gasteiger partial charge in [-0.05, 0) is 25.8 Å². The molecular formula is C12H21N3OS. The monoisotopic (exact) mass is 255 g/mol. The molecule has 1 aromatic heterocycles. The zero-order valence-electron chi connectivity index (χ0n) is 10.2. The van der Waals surface area contributed by atoms with E-state index in [0.29, 0.717) is 6.10 Å². The molecule has 0 amide bonds. The van der Waals surface area contributed by atoms with E-state index in [2.05, 4.69) is 15.3 Å². The molecule has 1 saturated heterocycles. The van der Waals surface area contributed by atoms with Crippen molar-refractivity contribution in [2.24, 2.45) is 5.73 Å². The molecule has 0 radical (unpaired) electrons. The van der Waals surface area contributed by atoms with Gasteiger partial charge in [0.1, 0.15) is 0 Å². The predicted molar refractivity (Wildman–Crippen MR) is 70.0 cm³/mol. The molecule has 0 bridgehead atoms. The van der Waals surface area contributed by atoms with Gasteiger partial charge in [-0.3, -0.25) is 4.90 Å². The molecule has 96 valence electrons. The fourth-order valence-electron chi connectivity index (χ4n) is 2.11. The van der Waals surface area contributed by atoms with Crippen molar-refractivity contribution in [2.75, 3.05) is 26.2 Å². The summed E-state index contributed by atoms with van der Waals surface area (Å²) in [6.45, 7) is 4.75. The molecule has 2 N–H and O–H groups in total. The van der Waals surface area contributed by atoms with Crippen LogP contribution in [0.25, 0.3) is 0 Å². The lowest BCUT2D eigenvalue weighted by Gasteiger charge is -2.31. The average molecular weight is 255 g/mol. The third kappa shape index (κ3) is 4.35. The van der Waals surface area contributed by atoms with E-state index >= 15 is 0 Å². The number of ether oxygens (including phenoxy) is 1. The normalized spacial score (nSPS) is 18.6. The molecule has 4 nitrogen and oxygen atoms in total. The predicted octanol–water partition coefficient (Wildman–Crippen LogP) is 1.47. The third-order valence-corrected chi connectivity index (χ3v) is 3.74. The standard InChI is InChI=1S/C12H21N3OS/c13-4-1-7-16-12-2-5-15(6-3-12)8-11-9-17-10-14-11/h9-10,12H,1-8,13H2. The zero-order chi connectivity index (χ0) is 11.9. The Morgan fingerprint density at radius 3 is 2.94 bits per heavy atom. The van der Waals surface area contributed by atoms with Crippen LogP contribution in [-0.4, -0.2) is 42.2 Å². The fraction of sp³-hybridized carbons (Fsp3) is 0.750. The lowest BCUT2D eigenvalue weighted by Crippen LogP contribution is -2.36. The minimum atomic E-state index is 0.438. The van der Waals surface area contributed by atoms with Crippen LogP contribution < -0.4 is 5.73 Å². The number of thiazole rings is 1. The van der Waals surface area contributed by atoms with Crippen LogP contribution in [0.3, 0.4) is 0 Å². The van der Waals surface area contributed by atoms with Gasteiger partial charge in [-0.15, -0.1) is 11.3 Å². The van der Waals surface area contributed by atoms with Gasteiger partial charge in [-0.2, -0.15) is 0 Å². The van der Waals surface area contributed by atoms with Gasteiger partial charge >= 0.3 is 0 Å². The van der Waals surface area contributed by atoms with Gasteiger partial charge in [-0.1, -0.05) is 0 Å². The van der Waals surface area contributed by atoms with E-state index in [1.807, 2.05) is 5.51 Å². The van der Waals surface area contributed by atoms with Crippen molar-refractivity contribution < 1.29 is 4.74 Å². The summed E-state index contributed by atoms with van der Waals surface area (Å²) in [7, 11) is 0. The summed E-state index contributed by atoms with van der Waals surface area (Å²) in [4.78, 5) is 6.78. The van der Waals surface area contributed by atoms with Gasteiger partial charge in [0.15, 0.2) is 0 Å². The molecule has 2 rings (SSSR count). The number of rotatable bonds is 6. The molecule has 1 aliphatic rings. The molecule has 1 aliphatic heterocycles. The Hall–Kier alpha value is -0.490. The molecule has 17 heavy (non-hydrogen) atoms. The van der Waals surface area contributed by atoms with E-state index in [1.54, 1.807) is 11.3 Å². The molecule has 1 aromatic rings. The highest BCUT2D eigenvalue weighted by atomic mass is 32.1. The number of hydrogen-bond acceptors (Lipinski definition) is 5. The summed E-state index contributed by atoms with van der Waals surface area (Å²) in [5.74, 6) is 0. The maximum absolute atomic E-state index is 5.79. The van der Waals surface area contributed by atoms with Gasteiger partial charge in [0.25, 0.3) is 0 Å². The molecular weight excluding hydrogens is 234 g/mol. The highest BCUT2D eigenvalue weighted by Crippen LogP contribution is 2.16.